The summed E-state index contributed by atoms with van der Waals surface area (Å²) >= 11 is 0. The van der Waals surface area contributed by atoms with Gasteiger partial charge in [-0.3, -0.25) is 4.79 Å². The van der Waals surface area contributed by atoms with Crippen molar-refractivity contribution in [1.29, 1.82) is 0 Å². The predicted molar refractivity (Wildman–Crippen MR) is 127 cm³/mol. The Bertz CT molecular complexity index is 1160. The predicted octanol–water partition coefficient (Wildman–Crippen LogP) is 4.42. The van der Waals surface area contributed by atoms with Gasteiger partial charge in [-0.25, -0.2) is 4.79 Å². The summed E-state index contributed by atoms with van der Waals surface area (Å²) in [5.74, 6) is 0.870. The van der Waals surface area contributed by atoms with Crippen molar-refractivity contribution in [2.45, 2.75) is 38.7 Å². The Labute approximate surface area is 199 Å². The quantitative estimate of drug-likeness (QED) is 0.609. The van der Waals surface area contributed by atoms with Crippen LogP contribution in [0.25, 0.3) is 0 Å². The molecule has 0 aromatic heterocycles. The fourth-order valence-electron chi connectivity index (χ4n) is 4.57. The Morgan fingerprint density at radius 1 is 0.971 bits per heavy atom. The monoisotopic (exact) mass is 463 g/mol. The molecule has 1 heterocycles. The van der Waals surface area contributed by atoms with E-state index >= 15 is 0 Å². The van der Waals surface area contributed by atoms with Crippen molar-refractivity contribution in [3.05, 3.63) is 76.1 Å². The highest BCUT2D eigenvalue weighted by Crippen LogP contribution is 2.44. The fraction of sp³-hybridized carbons (Fsp3) is 0.333. The normalized spacial score (nSPS) is 17.6. The molecule has 2 aliphatic rings. The molecular weight excluding hydrogens is 434 g/mol. The highest BCUT2D eigenvalue weighted by atomic mass is 16.5. The van der Waals surface area contributed by atoms with Gasteiger partial charge < -0.3 is 24.3 Å². The summed E-state index contributed by atoms with van der Waals surface area (Å²) in [5, 5.41) is 3.31. The maximum absolute atomic E-state index is 13.4. The molecule has 1 atom stereocenters. The molecule has 7 heteroatoms. The number of methoxy groups -OCH3 is 3. The second-order valence-corrected chi connectivity index (χ2v) is 8.30. The van der Waals surface area contributed by atoms with E-state index in [1.54, 1.807) is 27.4 Å². The average Bonchev–Trinajstić information content (AvgIpc) is 2.86. The first-order chi connectivity index (χ1) is 16.5. The fourth-order valence-corrected chi connectivity index (χ4v) is 4.57. The SMILES string of the molecule is COc1ccc(COC(=O)C2=C(C)NC3=C(C(=O)CCC3)[C@H]2c2ccc(OC)c(OC)c2)cc1. The van der Waals surface area contributed by atoms with E-state index in [0.717, 1.165) is 35.4 Å². The molecule has 0 spiro atoms. The molecule has 0 unspecified atom stereocenters. The summed E-state index contributed by atoms with van der Waals surface area (Å²) < 4.78 is 21.8. The second-order valence-electron chi connectivity index (χ2n) is 8.30. The third-order valence-corrected chi connectivity index (χ3v) is 6.27. The van der Waals surface area contributed by atoms with Gasteiger partial charge in [0.05, 0.1) is 26.9 Å². The molecule has 0 saturated heterocycles. The first-order valence-corrected chi connectivity index (χ1v) is 11.2. The Kier molecular flexibility index (Phi) is 6.91. The van der Waals surface area contributed by atoms with Crippen LogP contribution in [0.5, 0.6) is 17.2 Å². The van der Waals surface area contributed by atoms with Crippen LogP contribution in [0.15, 0.2) is 65.0 Å². The molecule has 0 bridgehead atoms. The lowest BCUT2D eigenvalue weighted by Crippen LogP contribution is -2.34. The summed E-state index contributed by atoms with van der Waals surface area (Å²) in [6, 6.07) is 12.8. The van der Waals surface area contributed by atoms with Crippen LogP contribution >= 0.6 is 0 Å². The number of carbonyl (C=O) groups excluding carboxylic acids is 2. The molecule has 34 heavy (non-hydrogen) atoms. The minimum Gasteiger partial charge on any atom is -0.497 e. The molecule has 1 aliphatic heterocycles. The molecule has 1 N–H and O–H groups in total. The Balaban J connectivity index is 1.70. The van der Waals surface area contributed by atoms with Gasteiger partial charge in [-0.1, -0.05) is 18.2 Å². The van der Waals surface area contributed by atoms with Crippen LogP contribution in [0.4, 0.5) is 0 Å². The molecule has 178 valence electrons. The van der Waals surface area contributed by atoms with E-state index in [0.29, 0.717) is 34.8 Å². The summed E-state index contributed by atoms with van der Waals surface area (Å²) in [6.45, 7) is 1.96. The van der Waals surface area contributed by atoms with E-state index in [-0.39, 0.29) is 12.4 Å². The molecule has 1 aliphatic carbocycles. The van der Waals surface area contributed by atoms with Gasteiger partial charge in [0.1, 0.15) is 12.4 Å². The summed E-state index contributed by atoms with van der Waals surface area (Å²) in [7, 11) is 4.73. The Hall–Kier alpha value is -3.74. The number of Topliss-reactive ketones (excluding diaryl/α,β-unsaturated/α-hetero) is 1. The van der Waals surface area contributed by atoms with Crippen LogP contribution in [0.3, 0.4) is 0 Å². The van der Waals surface area contributed by atoms with E-state index in [1.807, 2.05) is 43.3 Å². The number of ether oxygens (including phenoxy) is 4. The lowest BCUT2D eigenvalue weighted by molar-refractivity contribution is -0.140. The van der Waals surface area contributed by atoms with E-state index in [4.69, 9.17) is 18.9 Å². The number of carbonyl (C=O) groups is 2. The van der Waals surface area contributed by atoms with Crippen molar-refractivity contribution in [2.75, 3.05) is 21.3 Å². The van der Waals surface area contributed by atoms with Gasteiger partial charge in [-0.15, -0.1) is 0 Å². The van der Waals surface area contributed by atoms with Gasteiger partial charge >= 0.3 is 5.97 Å². The number of hydrogen-bond donors (Lipinski definition) is 1. The molecule has 4 rings (SSSR count). The van der Waals surface area contributed by atoms with E-state index in [1.165, 1.54) is 0 Å². The van der Waals surface area contributed by atoms with E-state index in [9.17, 15) is 9.59 Å². The standard InChI is InChI=1S/C27H29NO6/c1-16-24(27(30)34-15-17-8-11-19(31-2)12-9-17)25(26-20(28-16)6-5-7-21(26)29)18-10-13-22(32-3)23(14-18)33-4/h8-14,25,28H,5-7,15H2,1-4H3/t25-/m0/s1. The highest BCUT2D eigenvalue weighted by Gasteiger charge is 2.39. The van der Waals surface area contributed by atoms with Crippen LogP contribution in [-0.4, -0.2) is 33.1 Å². The van der Waals surface area contributed by atoms with Gasteiger partial charge in [0.15, 0.2) is 17.3 Å². The molecule has 0 radical (unpaired) electrons. The summed E-state index contributed by atoms with van der Waals surface area (Å²) in [4.78, 5) is 26.5. The van der Waals surface area contributed by atoms with Crippen molar-refractivity contribution in [3.8, 4) is 17.2 Å². The molecular formula is C27H29NO6. The van der Waals surface area contributed by atoms with Gasteiger partial charge in [0.25, 0.3) is 0 Å². The van der Waals surface area contributed by atoms with Crippen LogP contribution in [0.2, 0.25) is 0 Å². The molecule has 2 aromatic rings. The first kappa shape index (κ1) is 23.4. The number of rotatable bonds is 7. The van der Waals surface area contributed by atoms with E-state index in [2.05, 4.69) is 5.32 Å². The van der Waals surface area contributed by atoms with Gasteiger partial charge in [0.2, 0.25) is 0 Å². The Morgan fingerprint density at radius 2 is 1.71 bits per heavy atom. The number of esters is 1. The zero-order valence-corrected chi connectivity index (χ0v) is 19.9. The third-order valence-electron chi connectivity index (χ3n) is 6.27. The topological polar surface area (TPSA) is 83.1 Å². The lowest BCUT2D eigenvalue weighted by Gasteiger charge is -2.34. The summed E-state index contributed by atoms with van der Waals surface area (Å²) in [6.07, 6.45) is 2.00. The third kappa shape index (κ3) is 4.51. The maximum Gasteiger partial charge on any atom is 0.337 e. The zero-order valence-electron chi connectivity index (χ0n) is 19.9. The minimum atomic E-state index is -0.549. The Morgan fingerprint density at radius 3 is 2.38 bits per heavy atom. The zero-order chi connectivity index (χ0) is 24.2. The second kappa shape index (κ2) is 10.0. The van der Waals surface area contributed by atoms with Crippen molar-refractivity contribution in [1.82, 2.24) is 5.32 Å². The smallest absolute Gasteiger partial charge is 0.337 e. The molecule has 0 fully saturated rings. The van der Waals surface area contributed by atoms with Crippen molar-refractivity contribution < 1.29 is 28.5 Å². The van der Waals surface area contributed by atoms with Crippen LogP contribution in [-0.2, 0) is 20.9 Å². The largest absolute Gasteiger partial charge is 0.497 e. The van der Waals surface area contributed by atoms with Gasteiger partial charge in [0, 0.05) is 29.3 Å². The average molecular weight is 464 g/mol. The number of hydrogen-bond acceptors (Lipinski definition) is 7. The van der Waals surface area contributed by atoms with E-state index < -0.39 is 11.9 Å². The van der Waals surface area contributed by atoms with Crippen molar-refractivity contribution in [3.63, 3.8) is 0 Å². The van der Waals surface area contributed by atoms with Crippen LogP contribution < -0.4 is 19.5 Å². The minimum absolute atomic E-state index is 0.0430. The number of ketones is 1. The maximum atomic E-state index is 13.4. The van der Waals surface area contributed by atoms with Gasteiger partial charge in [-0.05, 0) is 55.2 Å². The highest BCUT2D eigenvalue weighted by molar-refractivity contribution is 6.03. The molecule has 0 saturated carbocycles. The lowest BCUT2D eigenvalue weighted by atomic mass is 9.75. The van der Waals surface area contributed by atoms with Crippen molar-refractivity contribution >= 4 is 11.8 Å². The van der Waals surface area contributed by atoms with Crippen LogP contribution in [0, 0.1) is 0 Å². The molecule has 0 amide bonds. The number of nitrogens with one attached hydrogen (secondary N) is 1. The first-order valence-electron chi connectivity index (χ1n) is 11.2. The molecule has 2 aromatic carbocycles. The summed E-state index contributed by atoms with van der Waals surface area (Å²) in [5.41, 5.74) is 4.23. The number of allylic oxidation sites excluding steroid dienone is 3. The van der Waals surface area contributed by atoms with Crippen molar-refractivity contribution in [2.24, 2.45) is 0 Å². The van der Waals surface area contributed by atoms with Crippen LogP contribution in [0.1, 0.15) is 43.2 Å². The number of dihydropyridines is 1. The number of benzene rings is 2. The van der Waals surface area contributed by atoms with Gasteiger partial charge in [-0.2, -0.15) is 0 Å². The molecule has 7 nitrogen and oxygen atoms in total.